The van der Waals surface area contributed by atoms with Crippen molar-refractivity contribution >= 4 is 50.4 Å². The van der Waals surface area contributed by atoms with Gasteiger partial charge in [-0.2, -0.15) is 17.5 Å². The highest BCUT2D eigenvalue weighted by Crippen LogP contribution is 2.36. The van der Waals surface area contributed by atoms with Gasteiger partial charge in [-0.05, 0) is 18.2 Å². The van der Waals surface area contributed by atoms with Crippen LogP contribution in [0.25, 0.3) is 0 Å². The van der Waals surface area contributed by atoms with Crippen molar-refractivity contribution in [3.63, 3.8) is 0 Å². The van der Waals surface area contributed by atoms with Crippen molar-refractivity contribution in [3.05, 3.63) is 39.3 Å². The molecule has 142 valence electrons. The molecular formula is C14H12Cl2F3N3O2S2. The van der Waals surface area contributed by atoms with Crippen molar-refractivity contribution in [3.8, 4) is 0 Å². The highest BCUT2D eigenvalue weighted by Gasteiger charge is 2.33. The van der Waals surface area contributed by atoms with Crippen LogP contribution in [-0.2, 0) is 16.2 Å². The van der Waals surface area contributed by atoms with E-state index in [-0.39, 0.29) is 45.6 Å². The molecule has 0 amide bonds. The Morgan fingerprint density at radius 3 is 2.31 bits per heavy atom. The van der Waals surface area contributed by atoms with E-state index in [0.717, 1.165) is 29.7 Å². The average molecular weight is 446 g/mol. The van der Waals surface area contributed by atoms with Gasteiger partial charge in [-0.15, -0.1) is 11.3 Å². The highest BCUT2D eigenvalue weighted by molar-refractivity contribution is 7.91. The van der Waals surface area contributed by atoms with Crippen molar-refractivity contribution in [1.29, 1.82) is 0 Å². The fourth-order valence-corrected chi connectivity index (χ4v) is 5.96. The Bertz CT molecular complexity index is 891. The Labute approximate surface area is 162 Å². The molecule has 1 aliphatic rings. The molecule has 0 atom stereocenters. The fraction of sp³-hybridized carbons (Fsp3) is 0.357. The maximum absolute atomic E-state index is 12.8. The maximum Gasteiger partial charge on any atom is 0.416 e. The second kappa shape index (κ2) is 7.16. The molecule has 0 aliphatic carbocycles. The lowest BCUT2D eigenvalue weighted by Crippen LogP contribution is -2.48. The second-order valence-electron chi connectivity index (χ2n) is 5.48. The van der Waals surface area contributed by atoms with Crippen LogP contribution in [0.3, 0.4) is 0 Å². The topological polar surface area (TPSA) is 53.5 Å². The molecule has 3 rings (SSSR count). The number of aromatic nitrogens is 1. The van der Waals surface area contributed by atoms with Crippen molar-refractivity contribution in [2.75, 3.05) is 31.1 Å². The van der Waals surface area contributed by atoms with Gasteiger partial charge in [0.25, 0.3) is 10.0 Å². The van der Waals surface area contributed by atoms with E-state index in [4.69, 9.17) is 23.2 Å². The van der Waals surface area contributed by atoms with Gasteiger partial charge in [-0.1, -0.05) is 23.2 Å². The van der Waals surface area contributed by atoms with Crippen molar-refractivity contribution in [2.24, 2.45) is 0 Å². The van der Waals surface area contributed by atoms with Gasteiger partial charge in [0.05, 0.1) is 10.6 Å². The summed E-state index contributed by atoms with van der Waals surface area (Å²) in [7, 11) is -3.74. The molecule has 1 saturated heterocycles. The van der Waals surface area contributed by atoms with Crippen molar-refractivity contribution < 1.29 is 21.6 Å². The minimum absolute atomic E-state index is 0.0399. The SMILES string of the molecule is O=S(=O)(c1cc(Cl)c(Cl)s1)N1CCN(c2cc(C(F)(F)F)ccn2)CC1. The summed E-state index contributed by atoms with van der Waals surface area (Å²) in [6, 6.07) is 3.15. The van der Waals surface area contributed by atoms with Crippen LogP contribution in [0.4, 0.5) is 19.0 Å². The summed E-state index contributed by atoms with van der Waals surface area (Å²) in [5.41, 5.74) is -0.791. The zero-order valence-corrected chi connectivity index (χ0v) is 16.1. The fourth-order valence-electron chi connectivity index (χ4n) is 2.51. The number of nitrogens with zero attached hydrogens (tertiary/aromatic N) is 3. The zero-order valence-electron chi connectivity index (χ0n) is 13.0. The summed E-state index contributed by atoms with van der Waals surface area (Å²) >= 11 is 12.5. The minimum atomic E-state index is -4.46. The number of rotatable bonds is 3. The van der Waals surface area contributed by atoms with Crippen LogP contribution >= 0.6 is 34.5 Å². The summed E-state index contributed by atoms with van der Waals surface area (Å²) < 4.78 is 65.2. The van der Waals surface area contributed by atoms with Gasteiger partial charge in [0.15, 0.2) is 0 Å². The van der Waals surface area contributed by atoms with Crippen LogP contribution in [-0.4, -0.2) is 43.9 Å². The number of piperazine rings is 1. The third-order valence-electron chi connectivity index (χ3n) is 3.85. The number of alkyl halides is 3. The zero-order chi connectivity index (χ0) is 19.1. The molecule has 2 aromatic rings. The second-order valence-corrected chi connectivity index (χ2v) is 9.70. The summed E-state index contributed by atoms with van der Waals surface area (Å²) in [4.78, 5) is 5.58. The standard InChI is InChI=1S/C14H12Cl2F3N3O2S2/c15-10-8-12(25-13(10)16)26(23,24)22-5-3-21(4-6-22)11-7-9(1-2-20-11)14(17,18)19/h1-2,7-8H,3-6H2. The molecule has 1 aliphatic heterocycles. The Hall–Kier alpha value is -1.07. The molecule has 0 aromatic carbocycles. The number of hydrogen-bond donors (Lipinski definition) is 0. The lowest BCUT2D eigenvalue weighted by atomic mass is 10.2. The molecule has 12 heteroatoms. The Balaban J connectivity index is 1.73. The molecule has 0 saturated carbocycles. The maximum atomic E-state index is 12.8. The van der Waals surface area contributed by atoms with E-state index in [9.17, 15) is 21.6 Å². The van der Waals surface area contributed by atoms with E-state index in [1.807, 2.05) is 0 Å². The smallest absolute Gasteiger partial charge is 0.354 e. The molecule has 0 radical (unpaired) electrons. The van der Waals surface area contributed by atoms with Crippen LogP contribution in [0.2, 0.25) is 9.36 Å². The van der Waals surface area contributed by atoms with Crippen molar-refractivity contribution in [1.82, 2.24) is 9.29 Å². The largest absolute Gasteiger partial charge is 0.416 e. The molecule has 5 nitrogen and oxygen atoms in total. The van der Waals surface area contributed by atoms with E-state index < -0.39 is 21.8 Å². The van der Waals surface area contributed by atoms with Gasteiger partial charge in [0.2, 0.25) is 0 Å². The monoisotopic (exact) mass is 445 g/mol. The van der Waals surface area contributed by atoms with E-state index in [2.05, 4.69) is 4.98 Å². The third-order valence-corrected chi connectivity index (χ3v) is 8.07. The molecule has 0 unspecified atom stereocenters. The molecular weight excluding hydrogens is 434 g/mol. The minimum Gasteiger partial charge on any atom is -0.354 e. The summed E-state index contributed by atoms with van der Waals surface area (Å²) in [5, 5.41) is 0.169. The molecule has 0 N–H and O–H groups in total. The Morgan fingerprint density at radius 2 is 1.77 bits per heavy atom. The van der Waals surface area contributed by atoms with Crippen LogP contribution in [0, 0.1) is 0 Å². The highest BCUT2D eigenvalue weighted by atomic mass is 35.5. The lowest BCUT2D eigenvalue weighted by Gasteiger charge is -2.34. The van der Waals surface area contributed by atoms with E-state index >= 15 is 0 Å². The lowest BCUT2D eigenvalue weighted by molar-refractivity contribution is -0.137. The average Bonchev–Trinajstić information content (AvgIpc) is 2.94. The number of sulfonamides is 1. The predicted molar refractivity (Wildman–Crippen MR) is 94.5 cm³/mol. The first-order chi connectivity index (χ1) is 12.1. The van der Waals surface area contributed by atoms with E-state index in [1.54, 1.807) is 4.90 Å². The number of thiophene rings is 1. The molecule has 0 bridgehead atoms. The number of anilines is 1. The first-order valence-electron chi connectivity index (χ1n) is 7.32. The van der Waals surface area contributed by atoms with Gasteiger partial charge >= 0.3 is 6.18 Å². The first kappa shape index (κ1) is 19.7. The number of halogens is 5. The van der Waals surface area contributed by atoms with Gasteiger partial charge in [-0.3, -0.25) is 0 Å². The number of hydrogen-bond acceptors (Lipinski definition) is 5. The molecule has 26 heavy (non-hydrogen) atoms. The summed E-state index contributed by atoms with van der Waals surface area (Å²) in [5.74, 6) is 0.166. The first-order valence-corrected chi connectivity index (χ1v) is 10.3. The van der Waals surface area contributed by atoms with Crippen LogP contribution < -0.4 is 4.90 Å². The predicted octanol–water partition coefficient (Wildman–Crippen LogP) is 3.98. The van der Waals surface area contributed by atoms with Crippen LogP contribution in [0.1, 0.15) is 5.56 Å². The quantitative estimate of drug-likeness (QED) is 0.716. The molecule has 2 aromatic heterocycles. The molecule has 3 heterocycles. The Morgan fingerprint density at radius 1 is 1.12 bits per heavy atom. The van der Waals surface area contributed by atoms with Gasteiger partial charge < -0.3 is 4.90 Å². The van der Waals surface area contributed by atoms with E-state index in [0.29, 0.717) is 0 Å². The third kappa shape index (κ3) is 3.94. The van der Waals surface area contributed by atoms with Crippen LogP contribution in [0.15, 0.2) is 28.6 Å². The van der Waals surface area contributed by atoms with Crippen molar-refractivity contribution in [2.45, 2.75) is 10.4 Å². The van der Waals surface area contributed by atoms with Gasteiger partial charge in [-0.25, -0.2) is 13.4 Å². The number of pyridine rings is 1. The van der Waals surface area contributed by atoms with Crippen LogP contribution in [0.5, 0.6) is 0 Å². The van der Waals surface area contributed by atoms with E-state index in [1.165, 1.54) is 10.4 Å². The summed E-state index contributed by atoms with van der Waals surface area (Å²) in [6.07, 6.45) is -3.36. The van der Waals surface area contributed by atoms with Gasteiger partial charge in [0, 0.05) is 32.4 Å². The summed E-state index contributed by atoms with van der Waals surface area (Å²) in [6.45, 7) is 0.682. The van der Waals surface area contributed by atoms with Gasteiger partial charge in [0.1, 0.15) is 14.4 Å². The normalized spacial score (nSPS) is 16.9. The molecule has 0 spiro atoms. The molecule has 1 fully saturated rings. The Kier molecular flexibility index (Phi) is 5.42.